The van der Waals surface area contributed by atoms with E-state index in [0.717, 1.165) is 0 Å². The zero-order valence-electron chi connectivity index (χ0n) is 11.5. The topological polar surface area (TPSA) is 0 Å². The fourth-order valence-corrected chi connectivity index (χ4v) is 1.12. The van der Waals surface area contributed by atoms with Crippen LogP contribution in [0.2, 0.25) is 0 Å². The van der Waals surface area contributed by atoms with E-state index in [0.29, 0.717) is 11.1 Å². The average molecular weight is 152 g/mol. The second-order valence-electron chi connectivity index (χ2n) is 3.75. The van der Waals surface area contributed by atoms with E-state index >= 15 is 0 Å². The molecular weight excluding hydrogens is 132 g/mol. The Hall–Kier alpha value is -0.780. The summed E-state index contributed by atoms with van der Waals surface area (Å²) in [6, 6.07) is -0.136. The van der Waals surface area contributed by atoms with E-state index in [1.54, 1.807) is 6.92 Å². The monoisotopic (exact) mass is 152 g/mol. The molecule has 1 rings (SSSR count). The summed E-state index contributed by atoms with van der Waals surface area (Å²) >= 11 is 0. The van der Waals surface area contributed by atoms with Crippen molar-refractivity contribution in [1.29, 1.82) is 0 Å². The molecule has 0 unspecified atom stereocenters. The smallest absolute Gasteiger partial charge is 0.0620 e. The Morgan fingerprint density at radius 1 is 1.18 bits per heavy atom. The van der Waals surface area contributed by atoms with Crippen LogP contribution in [-0.2, 0) is 5.41 Å². The summed E-state index contributed by atoms with van der Waals surface area (Å²) in [5.74, 6) is 0. The van der Waals surface area contributed by atoms with Crippen LogP contribution in [0.15, 0.2) is 24.2 Å². The van der Waals surface area contributed by atoms with Crippen molar-refractivity contribution in [2.24, 2.45) is 0 Å². The number of rotatable bonds is 0. The Morgan fingerprint density at radius 2 is 1.73 bits per heavy atom. The minimum Gasteiger partial charge on any atom is -0.0620 e. The molecule has 0 aliphatic heterocycles. The third-order valence-electron chi connectivity index (χ3n) is 1.62. The van der Waals surface area contributed by atoms with Crippen molar-refractivity contribution >= 4 is 0 Å². The Kier molecular flexibility index (Phi) is 1.05. The normalized spacial score (nSPS) is 16.7. The van der Waals surface area contributed by atoms with Crippen molar-refractivity contribution in [2.45, 2.75) is 33.1 Å². The van der Waals surface area contributed by atoms with Crippen molar-refractivity contribution in [1.82, 2.24) is 0 Å². The van der Waals surface area contributed by atoms with E-state index in [4.69, 9.17) is 5.48 Å². The minimum absolute atomic E-state index is 0.0703. The zero-order chi connectivity index (χ0) is 12.0. The predicted octanol–water partition coefficient (Wildman–Crippen LogP) is 3.29. The van der Waals surface area contributed by atoms with Crippen molar-refractivity contribution < 1.29 is 5.48 Å². The molecule has 0 saturated heterocycles. The highest BCUT2D eigenvalue weighted by atomic mass is 14.2. The maximum absolute atomic E-state index is 7.84. The lowest BCUT2D eigenvalue weighted by Gasteiger charge is -2.21. The molecule has 0 radical (unpaired) electrons. The largest absolute Gasteiger partial charge is 0.0626 e. The molecule has 0 bridgehead atoms. The molecule has 1 aromatic rings. The van der Waals surface area contributed by atoms with Crippen LogP contribution in [0.25, 0.3) is 0 Å². The van der Waals surface area contributed by atoms with Crippen LogP contribution >= 0.6 is 0 Å². The average Bonchev–Trinajstić information content (AvgIpc) is 2.09. The highest BCUT2D eigenvalue weighted by Gasteiger charge is 2.14. The lowest BCUT2D eigenvalue weighted by Crippen LogP contribution is -2.12. The SMILES string of the molecule is [2H]c1c([2H])c([2H])c(C(C)(C)C)c(C)c1[2H]. The van der Waals surface area contributed by atoms with Gasteiger partial charge in [0.1, 0.15) is 0 Å². The molecule has 60 valence electrons. The van der Waals surface area contributed by atoms with Gasteiger partial charge in [0.25, 0.3) is 0 Å². The van der Waals surface area contributed by atoms with Crippen LogP contribution in [0.4, 0.5) is 0 Å². The molecule has 1 aromatic carbocycles. The van der Waals surface area contributed by atoms with E-state index in [2.05, 4.69) is 0 Å². The highest BCUT2D eigenvalue weighted by molar-refractivity contribution is 5.31. The van der Waals surface area contributed by atoms with Gasteiger partial charge in [0.05, 0.1) is 5.48 Å². The van der Waals surface area contributed by atoms with Gasteiger partial charge in [-0.15, -0.1) is 0 Å². The summed E-state index contributed by atoms with van der Waals surface area (Å²) in [7, 11) is 0. The third kappa shape index (κ3) is 1.83. The van der Waals surface area contributed by atoms with E-state index in [1.165, 1.54) is 0 Å². The summed E-state index contributed by atoms with van der Waals surface area (Å²) in [5.41, 5.74) is 1.09. The molecular formula is C11H16. The van der Waals surface area contributed by atoms with Crippen LogP contribution in [0, 0.1) is 6.92 Å². The first-order valence-electron chi connectivity index (χ1n) is 5.75. The van der Waals surface area contributed by atoms with Gasteiger partial charge in [-0.3, -0.25) is 0 Å². The molecule has 0 saturated carbocycles. The van der Waals surface area contributed by atoms with Crippen LogP contribution in [0.5, 0.6) is 0 Å². The van der Waals surface area contributed by atoms with Crippen molar-refractivity contribution in [3.05, 3.63) is 35.3 Å². The standard InChI is InChI=1S/C11H16/c1-9-7-5-6-8-10(9)11(2,3)4/h5-8H,1-4H3/i5D,6D,7D,8D. The van der Waals surface area contributed by atoms with E-state index in [-0.39, 0.29) is 29.6 Å². The fourth-order valence-electron chi connectivity index (χ4n) is 1.12. The van der Waals surface area contributed by atoms with Gasteiger partial charge in [-0.1, -0.05) is 44.9 Å². The molecule has 0 heteroatoms. The molecule has 0 heterocycles. The van der Waals surface area contributed by atoms with Crippen molar-refractivity contribution in [2.75, 3.05) is 0 Å². The van der Waals surface area contributed by atoms with Crippen LogP contribution in [-0.4, -0.2) is 0 Å². The highest BCUT2D eigenvalue weighted by Crippen LogP contribution is 2.24. The molecule has 11 heavy (non-hydrogen) atoms. The Morgan fingerprint density at radius 3 is 2.27 bits per heavy atom. The van der Waals surface area contributed by atoms with E-state index < -0.39 is 0 Å². The van der Waals surface area contributed by atoms with Gasteiger partial charge in [0.15, 0.2) is 0 Å². The molecule has 0 aromatic heterocycles. The predicted molar refractivity (Wildman–Crippen MR) is 49.9 cm³/mol. The summed E-state index contributed by atoms with van der Waals surface area (Å²) in [6.07, 6.45) is 0. The van der Waals surface area contributed by atoms with Gasteiger partial charge in [-0.25, -0.2) is 0 Å². The maximum Gasteiger partial charge on any atom is 0.0626 e. The molecule has 0 N–H and O–H groups in total. The quantitative estimate of drug-likeness (QED) is 0.535. The Bertz CT molecular complexity index is 373. The summed E-state index contributed by atoms with van der Waals surface area (Å²) in [4.78, 5) is 0. The minimum atomic E-state index is -0.263. The summed E-state index contributed by atoms with van der Waals surface area (Å²) < 4.78 is 30.7. The number of hydrogen-bond donors (Lipinski definition) is 0. The van der Waals surface area contributed by atoms with Crippen LogP contribution in [0.3, 0.4) is 0 Å². The molecule has 0 spiro atoms. The summed E-state index contributed by atoms with van der Waals surface area (Å²) in [5, 5.41) is 0. The molecule has 0 aliphatic rings. The second-order valence-corrected chi connectivity index (χ2v) is 3.75. The number of hydrogen-bond acceptors (Lipinski definition) is 0. The molecule has 0 fully saturated rings. The Labute approximate surface area is 74.9 Å². The molecule has 0 amide bonds. The first-order chi connectivity index (χ1) is 6.68. The first kappa shape index (κ1) is 4.30. The molecule has 0 aliphatic carbocycles. The lowest BCUT2D eigenvalue weighted by molar-refractivity contribution is 0.586. The van der Waals surface area contributed by atoms with Gasteiger partial charge >= 0.3 is 0 Å². The van der Waals surface area contributed by atoms with Crippen LogP contribution in [0.1, 0.15) is 37.4 Å². The maximum atomic E-state index is 7.84. The van der Waals surface area contributed by atoms with Gasteiger partial charge in [0, 0.05) is 0 Å². The van der Waals surface area contributed by atoms with Gasteiger partial charge in [0.2, 0.25) is 0 Å². The molecule has 0 atom stereocenters. The van der Waals surface area contributed by atoms with E-state index in [9.17, 15) is 0 Å². The molecule has 0 nitrogen and oxygen atoms in total. The fraction of sp³-hybridized carbons (Fsp3) is 0.455. The van der Waals surface area contributed by atoms with Crippen molar-refractivity contribution in [3.63, 3.8) is 0 Å². The zero-order valence-corrected chi connectivity index (χ0v) is 7.50. The van der Waals surface area contributed by atoms with E-state index in [1.807, 2.05) is 20.8 Å². The lowest BCUT2D eigenvalue weighted by atomic mass is 9.84. The second kappa shape index (κ2) is 2.69. The van der Waals surface area contributed by atoms with Crippen LogP contribution < -0.4 is 0 Å². The van der Waals surface area contributed by atoms with Gasteiger partial charge in [-0.05, 0) is 23.5 Å². The van der Waals surface area contributed by atoms with Gasteiger partial charge < -0.3 is 0 Å². The Balaban J connectivity index is 3.68. The van der Waals surface area contributed by atoms with Gasteiger partial charge in [-0.2, -0.15) is 0 Å². The van der Waals surface area contributed by atoms with Crippen molar-refractivity contribution in [3.8, 4) is 0 Å². The number of benzene rings is 1. The third-order valence-corrected chi connectivity index (χ3v) is 1.62. The summed E-state index contributed by atoms with van der Waals surface area (Å²) in [6.45, 7) is 7.61. The first-order valence-corrected chi connectivity index (χ1v) is 3.75.